The van der Waals surface area contributed by atoms with Crippen molar-refractivity contribution in [1.82, 2.24) is 14.5 Å². The average Bonchev–Trinajstić information content (AvgIpc) is 2.64. The molecule has 1 N–H and O–H groups in total. The van der Waals surface area contributed by atoms with Crippen LogP contribution in [0.5, 0.6) is 0 Å². The average molecular weight is 195 g/mol. The molecule has 0 saturated carbocycles. The van der Waals surface area contributed by atoms with E-state index in [4.69, 9.17) is 0 Å². The number of thiazole rings is 1. The van der Waals surface area contributed by atoms with Gasteiger partial charge >= 0.3 is 5.69 Å². The summed E-state index contributed by atoms with van der Waals surface area (Å²) < 4.78 is 1.62. The Morgan fingerprint density at radius 3 is 3.08 bits per heavy atom. The summed E-state index contributed by atoms with van der Waals surface area (Å²) in [5.74, 6) is 0. The highest BCUT2D eigenvalue weighted by atomic mass is 32.1. The Hall–Kier alpha value is -1.36. The van der Waals surface area contributed by atoms with Gasteiger partial charge in [0.2, 0.25) is 0 Å². The second kappa shape index (κ2) is 3.18. The normalized spacial score (nSPS) is 10.5. The predicted octanol–water partition coefficient (Wildman–Crippen LogP) is 0.990. The minimum Gasteiger partial charge on any atom is -0.313 e. The first-order valence-corrected chi connectivity index (χ1v) is 4.72. The van der Waals surface area contributed by atoms with E-state index in [-0.39, 0.29) is 5.69 Å². The van der Waals surface area contributed by atoms with Crippen LogP contribution < -0.4 is 5.69 Å². The van der Waals surface area contributed by atoms with Crippen molar-refractivity contribution in [2.45, 2.75) is 13.5 Å². The van der Waals surface area contributed by atoms with Crippen molar-refractivity contribution < 1.29 is 0 Å². The van der Waals surface area contributed by atoms with E-state index in [1.54, 1.807) is 34.5 Å². The van der Waals surface area contributed by atoms with E-state index in [9.17, 15) is 4.79 Å². The minimum absolute atomic E-state index is 0.0777. The van der Waals surface area contributed by atoms with Crippen LogP contribution in [0.3, 0.4) is 0 Å². The molecule has 0 aliphatic rings. The third-order valence-corrected chi connectivity index (χ3v) is 2.61. The summed E-state index contributed by atoms with van der Waals surface area (Å²) in [4.78, 5) is 18.9. The summed E-state index contributed by atoms with van der Waals surface area (Å²) in [6.45, 7) is 2.56. The number of nitrogens with zero attached hydrogens (tertiary/aromatic N) is 2. The number of aromatic nitrogens is 3. The number of nitrogens with one attached hydrogen (secondary N) is 1. The molecular formula is C8H9N3OS. The van der Waals surface area contributed by atoms with Crippen molar-refractivity contribution >= 4 is 11.3 Å². The lowest BCUT2D eigenvalue weighted by atomic mass is 10.5. The highest BCUT2D eigenvalue weighted by Gasteiger charge is 2.00. The Kier molecular flexibility index (Phi) is 2.02. The van der Waals surface area contributed by atoms with Gasteiger partial charge in [0.05, 0.1) is 11.6 Å². The highest BCUT2D eigenvalue weighted by Crippen LogP contribution is 2.11. The molecule has 0 unspecified atom stereocenters. The van der Waals surface area contributed by atoms with Gasteiger partial charge in [-0.2, -0.15) is 0 Å². The van der Waals surface area contributed by atoms with Crippen LogP contribution in [0.4, 0.5) is 0 Å². The lowest BCUT2D eigenvalue weighted by molar-refractivity contribution is 0.771. The zero-order valence-corrected chi connectivity index (χ0v) is 7.97. The van der Waals surface area contributed by atoms with Crippen molar-refractivity contribution in [2.24, 2.45) is 0 Å². The van der Waals surface area contributed by atoms with E-state index in [0.29, 0.717) is 6.54 Å². The predicted molar refractivity (Wildman–Crippen MR) is 51.0 cm³/mol. The van der Waals surface area contributed by atoms with Gasteiger partial charge in [0.1, 0.15) is 0 Å². The number of aromatic amines is 1. The monoisotopic (exact) mass is 195 g/mol. The molecule has 0 radical (unpaired) electrons. The smallest absolute Gasteiger partial charge is 0.313 e. The van der Waals surface area contributed by atoms with Crippen molar-refractivity contribution in [2.75, 3.05) is 0 Å². The molecule has 0 bridgehead atoms. The van der Waals surface area contributed by atoms with Crippen LogP contribution in [0.25, 0.3) is 0 Å². The fourth-order valence-corrected chi connectivity index (χ4v) is 1.91. The molecule has 4 nitrogen and oxygen atoms in total. The van der Waals surface area contributed by atoms with E-state index >= 15 is 0 Å². The maximum atomic E-state index is 11.1. The second-order valence-electron chi connectivity index (χ2n) is 2.74. The first kappa shape index (κ1) is 8.25. The largest absolute Gasteiger partial charge is 0.325 e. The summed E-state index contributed by atoms with van der Waals surface area (Å²) in [6, 6.07) is 0. The fourth-order valence-electron chi connectivity index (χ4n) is 1.12. The van der Waals surface area contributed by atoms with Crippen LogP contribution in [0.15, 0.2) is 23.4 Å². The van der Waals surface area contributed by atoms with Gasteiger partial charge in [-0.05, 0) is 6.92 Å². The van der Waals surface area contributed by atoms with Gasteiger partial charge in [-0.25, -0.2) is 9.78 Å². The van der Waals surface area contributed by atoms with Crippen molar-refractivity contribution in [1.29, 1.82) is 0 Å². The molecule has 0 saturated heterocycles. The van der Waals surface area contributed by atoms with E-state index in [0.717, 1.165) is 9.88 Å². The first-order chi connectivity index (χ1) is 6.25. The van der Waals surface area contributed by atoms with Crippen LogP contribution in [-0.4, -0.2) is 14.5 Å². The third-order valence-electron chi connectivity index (χ3n) is 1.72. The summed E-state index contributed by atoms with van der Waals surface area (Å²) in [5.41, 5.74) is -0.0777. The maximum absolute atomic E-state index is 11.1. The zero-order valence-electron chi connectivity index (χ0n) is 7.15. The molecule has 2 heterocycles. The SMILES string of the molecule is Cc1ncc(Cn2cc[nH]c2=O)s1. The Balaban J connectivity index is 2.24. The lowest BCUT2D eigenvalue weighted by Crippen LogP contribution is -2.15. The van der Waals surface area contributed by atoms with Crippen LogP contribution in [-0.2, 0) is 6.54 Å². The van der Waals surface area contributed by atoms with Gasteiger partial charge in [0.15, 0.2) is 0 Å². The molecule has 0 fully saturated rings. The van der Waals surface area contributed by atoms with E-state index in [1.807, 2.05) is 6.92 Å². The summed E-state index contributed by atoms with van der Waals surface area (Å²) in [5, 5.41) is 1.03. The lowest BCUT2D eigenvalue weighted by Gasteiger charge is -1.94. The number of hydrogen-bond acceptors (Lipinski definition) is 3. The van der Waals surface area contributed by atoms with E-state index in [1.165, 1.54) is 0 Å². The molecule has 2 aromatic rings. The van der Waals surface area contributed by atoms with Crippen LogP contribution in [0.2, 0.25) is 0 Å². The van der Waals surface area contributed by atoms with Crippen molar-refractivity contribution in [3.63, 3.8) is 0 Å². The van der Waals surface area contributed by atoms with Gasteiger partial charge < -0.3 is 4.98 Å². The molecular weight excluding hydrogens is 186 g/mol. The van der Waals surface area contributed by atoms with Gasteiger partial charge in [0, 0.05) is 23.5 Å². The topological polar surface area (TPSA) is 50.7 Å². The Morgan fingerprint density at radius 1 is 1.69 bits per heavy atom. The summed E-state index contributed by atoms with van der Waals surface area (Å²) in [7, 11) is 0. The fraction of sp³-hybridized carbons (Fsp3) is 0.250. The molecule has 2 rings (SSSR count). The number of imidazole rings is 1. The Labute approximate surface area is 78.9 Å². The minimum atomic E-state index is -0.0777. The molecule has 0 aromatic carbocycles. The van der Waals surface area contributed by atoms with Crippen molar-refractivity contribution in [3.05, 3.63) is 39.0 Å². The molecule has 0 atom stereocenters. The molecule has 0 spiro atoms. The Bertz CT molecular complexity index is 454. The van der Waals surface area contributed by atoms with E-state index < -0.39 is 0 Å². The highest BCUT2D eigenvalue weighted by molar-refractivity contribution is 7.11. The molecule has 0 aliphatic heterocycles. The van der Waals surface area contributed by atoms with Gasteiger partial charge in [-0.1, -0.05) is 0 Å². The molecule has 13 heavy (non-hydrogen) atoms. The number of H-pyrrole nitrogens is 1. The summed E-state index contributed by atoms with van der Waals surface area (Å²) >= 11 is 1.61. The maximum Gasteiger partial charge on any atom is 0.325 e. The quantitative estimate of drug-likeness (QED) is 0.776. The first-order valence-electron chi connectivity index (χ1n) is 3.91. The van der Waals surface area contributed by atoms with Gasteiger partial charge in [-0.15, -0.1) is 11.3 Å². The van der Waals surface area contributed by atoms with Crippen LogP contribution >= 0.6 is 11.3 Å². The molecule has 0 aliphatic carbocycles. The van der Waals surface area contributed by atoms with Gasteiger partial charge in [0.25, 0.3) is 0 Å². The molecule has 68 valence electrons. The van der Waals surface area contributed by atoms with Crippen LogP contribution in [0, 0.1) is 6.92 Å². The second-order valence-corrected chi connectivity index (χ2v) is 4.06. The third kappa shape index (κ3) is 1.70. The number of aryl methyl sites for hydroxylation is 1. The van der Waals surface area contributed by atoms with Gasteiger partial charge in [-0.3, -0.25) is 4.57 Å². The number of hydrogen-bond donors (Lipinski definition) is 1. The standard InChI is InChI=1S/C8H9N3OS/c1-6-10-4-7(13-6)5-11-3-2-9-8(11)12/h2-4H,5H2,1H3,(H,9,12). The Morgan fingerprint density at radius 2 is 2.54 bits per heavy atom. The molecule has 5 heteroatoms. The molecule has 0 amide bonds. The molecule has 2 aromatic heterocycles. The summed E-state index contributed by atoms with van der Waals surface area (Å²) in [6.07, 6.45) is 5.17. The van der Waals surface area contributed by atoms with E-state index in [2.05, 4.69) is 9.97 Å². The van der Waals surface area contributed by atoms with Crippen molar-refractivity contribution in [3.8, 4) is 0 Å². The number of rotatable bonds is 2. The zero-order chi connectivity index (χ0) is 9.26. The van der Waals surface area contributed by atoms with Crippen LogP contribution in [0.1, 0.15) is 9.88 Å².